The van der Waals surface area contributed by atoms with Crippen molar-refractivity contribution in [3.63, 3.8) is 0 Å². The highest BCUT2D eigenvalue weighted by atomic mass is 16.6. The van der Waals surface area contributed by atoms with Gasteiger partial charge in [-0.25, -0.2) is 9.59 Å². The second-order valence-corrected chi connectivity index (χ2v) is 6.29. The molecule has 0 heterocycles. The maximum atomic E-state index is 12.5. The van der Waals surface area contributed by atoms with Crippen molar-refractivity contribution in [2.45, 2.75) is 6.10 Å². The summed E-state index contributed by atoms with van der Waals surface area (Å²) in [5.74, 6) is -1.03. The summed E-state index contributed by atoms with van der Waals surface area (Å²) >= 11 is 0. The van der Waals surface area contributed by atoms with Gasteiger partial charge in [-0.05, 0) is 49.0 Å². The Balaban J connectivity index is 1.90. The van der Waals surface area contributed by atoms with E-state index in [1.54, 1.807) is 73.8 Å². The van der Waals surface area contributed by atoms with Crippen LogP contribution in [-0.2, 0) is 0 Å². The maximum absolute atomic E-state index is 12.5. The average Bonchev–Trinajstić information content (AvgIpc) is 2.76. The summed E-state index contributed by atoms with van der Waals surface area (Å²) in [7, 11) is 1.72. The Morgan fingerprint density at radius 2 is 1.34 bits per heavy atom. The Morgan fingerprint density at radius 3 is 1.86 bits per heavy atom. The lowest BCUT2D eigenvalue weighted by molar-refractivity contribution is 0.0681. The summed E-state index contributed by atoms with van der Waals surface area (Å²) in [6.45, 7) is 0.315. The molecule has 0 aliphatic carbocycles. The molecule has 148 valence electrons. The van der Waals surface area contributed by atoms with Gasteiger partial charge in [0.1, 0.15) is 0 Å². The van der Waals surface area contributed by atoms with Crippen LogP contribution in [0.5, 0.6) is 11.5 Å². The summed E-state index contributed by atoms with van der Waals surface area (Å²) in [6.07, 6.45) is -0.812. The molecule has 3 aromatic carbocycles. The van der Waals surface area contributed by atoms with E-state index in [1.165, 1.54) is 12.1 Å². The third-order valence-corrected chi connectivity index (χ3v) is 4.17. The van der Waals surface area contributed by atoms with Crippen LogP contribution in [0.25, 0.3) is 0 Å². The van der Waals surface area contributed by atoms with Crippen molar-refractivity contribution in [3.05, 3.63) is 95.6 Å². The molecular formula is C23H21NO5. The van der Waals surface area contributed by atoms with Crippen molar-refractivity contribution < 1.29 is 24.2 Å². The smallest absolute Gasteiger partial charge is 0.343 e. The minimum Gasteiger partial charge on any atom is -0.419 e. The predicted octanol–water partition coefficient (Wildman–Crippen LogP) is 3.38. The molecule has 0 amide bonds. The highest BCUT2D eigenvalue weighted by molar-refractivity contribution is 5.93. The molecule has 1 unspecified atom stereocenters. The van der Waals surface area contributed by atoms with Crippen LogP contribution < -0.4 is 14.8 Å². The van der Waals surface area contributed by atoms with Crippen molar-refractivity contribution in [1.29, 1.82) is 0 Å². The van der Waals surface area contributed by atoms with E-state index >= 15 is 0 Å². The fourth-order valence-corrected chi connectivity index (χ4v) is 2.67. The lowest BCUT2D eigenvalue weighted by atomic mass is 10.1. The molecule has 29 heavy (non-hydrogen) atoms. The standard InChI is InChI=1S/C23H21NO5/c1-24-15-19(25)18-12-13-20(28-22(26)16-8-4-2-5-9-16)21(14-18)29-23(27)17-10-6-3-7-11-17/h2-14,19,24-25H,15H2,1H3. The lowest BCUT2D eigenvalue weighted by Crippen LogP contribution is -2.17. The molecule has 0 bridgehead atoms. The molecule has 0 saturated heterocycles. The van der Waals surface area contributed by atoms with E-state index in [0.29, 0.717) is 23.2 Å². The maximum Gasteiger partial charge on any atom is 0.343 e. The zero-order valence-corrected chi connectivity index (χ0v) is 15.9. The minimum atomic E-state index is -0.812. The monoisotopic (exact) mass is 391 g/mol. The molecule has 0 aliphatic heterocycles. The van der Waals surface area contributed by atoms with Gasteiger partial charge < -0.3 is 19.9 Å². The van der Waals surface area contributed by atoms with Crippen molar-refractivity contribution in [3.8, 4) is 11.5 Å². The Kier molecular flexibility index (Phi) is 6.73. The topological polar surface area (TPSA) is 84.9 Å². The van der Waals surface area contributed by atoms with Crippen molar-refractivity contribution in [2.24, 2.45) is 0 Å². The summed E-state index contributed by atoms with van der Waals surface area (Å²) < 4.78 is 10.9. The zero-order chi connectivity index (χ0) is 20.6. The molecule has 0 spiro atoms. The van der Waals surface area contributed by atoms with Crippen LogP contribution in [0.15, 0.2) is 78.9 Å². The van der Waals surface area contributed by atoms with E-state index in [9.17, 15) is 14.7 Å². The Bertz CT molecular complexity index is 973. The number of carbonyl (C=O) groups is 2. The molecule has 3 rings (SSSR count). The third kappa shape index (κ3) is 5.28. The number of rotatable bonds is 7. The van der Waals surface area contributed by atoms with Gasteiger partial charge in [-0.3, -0.25) is 0 Å². The lowest BCUT2D eigenvalue weighted by Gasteiger charge is -2.15. The molecular weight excluding hydrogens is 370 g/mol. The zero-order valence-electron chi connectivity index (χ0n) is 15.9. The largest absolute Gasteiger partial charge is 0.419 e. The fraction of sp³-hybridized carbons (Fsp3) is 0.130. The number of aliphatic hydroxyl groups excluding tert-OH is 1. The van der Waals surface area contributed by atoms with Crippen LogP contribution in [0.1, 0.15) is 32.4 Å². The Hall–Kier alpha value is -3.48. The van der Waals surface area contributed by atoms with Gasteiger partial charge in [-0.2, -0.15) is 0 Å². The molecule has 0 aliphatic rings. The van der Waals surface area contributed by atoms with Gasteiger partial charge in [0.2, 0.25) is 0 Å². The molecule has 2 N–H and O–H groups in total. The summed E-state index contributed by atoms with van der Waals surface area (Å²) in [5, 5.41) is 13.1. The second kappa shape index (κ2) is 9.64. The first-order valence-corrected chi connectivity index (χ1v) is 9.09. The highest BCUT2D eigenvalue weighted by Crippen LogP contribution is 2.32. The minimum absolute atomic E-state index is 0.0517. The van der Waals surface area contributed by atoms with E-state index in [4.69, 9.17) is 9.47 Å². The van der Waals surface area contributed by atoms with Crippen molar-refractivity contribution in [2.75, 3.05) is 13.6 Å². The van der Waals surface area contributed by atoms with Crippen molar-refractivity contribution in [1.82, 2.24) is 5.32 Å². The van der Waals surface area contributed by atoms with E-state index in [2.05, 4.69) is 5.32 Å². The van der Waals surface area contributed by atoms with Gasteiger partial charge >= 0.3 is 11.9 Å². The molecule has 6 nitrogen and oxygen atoms in total. The molecule has 0 aromatic heterocycles. The summed E-state index contributed by atoms with van der Waals surface area (Å²) in [5.41, 5.74) is 1.25. The molecule has 6 heteroatoms. The first-order chi connectivity index (χ1) is 14.1. The van der Waals surface area contributed by atoms with Gasteiger partial charge in [-0.15, -0.1) is 0 Å². The number of hydrogen-bond donors (Lipinski definition) is 2. The summed E-state index contributed by atoms with van der Waals surface area (Å²) in [4.78, 5) is 24.9. The SMILES string of the molecule is CNCC(O)c1ccc(OC(=O)c2ccccc2)c(OC(=O)c2ccccc2)c1. The molecule has 3 aromatic rings. The van der Waals surface area contributed by atoms with E-state index in [1.807, 2.05) is 0 Å². The van der Waals surface area contributed by atoms with Gasteiger partial charge in [0, 0.05) is 6.54 Å². The van der Waals surface area contributed by atoms with E-state index < -0.39 is 18.0 Å². The van der Waals surface area contributed by atoms with Crippen LogP contribution in [0.4, 0.5) is 0 Å². The van der Waals surface area contributed by atoms with Crippen LogP contribution in [0.3, 0.4) is 0 Å². The van der Waals surface area contributed by atoms with Gasteiger partial charge in [-0.1, -0.05) is 42.5 Å². The number of nitrogens with one attached hydrogen (secondary N) is 1. The Morgan fingerprint density at radius 1 is 0.828 bits per heavy atom. The normalized spacial score (nSPS) is 11.5. The fourth-order valence-electron chi connectivity index (χ4n) is 2.67. The van der Waals surface area contributed by atoms with Crippen LogP contribution in [0.2, 0.25) is 0 Å². The van der Waals surface area contributed by atoms with E-state index in [0.717, 1.165) is 0 Å². The van der Waals surface area contributed by atoms with Gasteiger partial charge in [0.05, 0.1) is 17.2 Å². The number of benzene rings is 3. The number of carbonyl (C=O) groups excluding carboxylic acids is 2. The van der Waals surface area contributed by atoms with Crippen LogP contribution >= 0.6 is 0 Å². The average molecular weight is 391 g/mol. The summed E-state index contributed by atoms with van der Waals surface area (Å²) in [6, 6.07) is 21.6. The van der Waals surface area contributed by atoms with E-state index in [-0.39, 0.29) is 11.5 Å². The predicted molar refractivity (Wildman–Crippen MR) is 108 cm³/mol. The Labute approximate surface area is 168 Å². The van der Waals surface area contributed by atoms with Gasteiger partial charge in [0.25, 0.3) is 0 Å². The number of hydrogen-bond acceptors (Lipinski definition) is 6. The second-order valence-electron chi connectivity index (χ2n) is 6.29. The molecule has 0 fully saturated rings. The first kappa shape index (κ1) is 20.3. The molecule has 0 saturated carbocycles. The number of aliphatic hydroxyl groups is 1. The van der Waals surface area contributed by atoms with Gasteiger partial charge in [0.15, 0.2) is 11.5 Å². The molecule has 1 atom stereocenters. The van der Waals surface area contributed by atoms with Crippen molar-refractivity contribution >= 4 is 11.9 Å². The number of esters is 2. The highest BCUT2D eigenvalue weighted by Gasteiger charge is 2.18. The first-order valence-electron chi connectivity index (χ1n) is 9.09. The van der Waals surface area contributed by atoms with Crippen LogP contribution in [-0.4, -0.2) is 30.6 Å². The third-order valence-electron chi connectivity index (χ3n) is 4.17. The number of ether oxygens (including phenoxy) is 2. The quantitative estimate of drug-likeness (QED) is 0.474. The molecule has 0 radical (unpaired) electrons. The number of likely N-dealkylation sites (N-methyl/N-ethyl adjacent to an activating group) is 1. The van der Waals surface area contributed by atoms with Crippen LogP contribution in [0, 0.1) is 0 Å².